The van der Waals surface area contributed by atoms with Gasteiger partial charge in [0.25, 0.3) is 0 Å². The summed E-state index contributed by atoms with van der Waals surface area (Å²) in [7, 11) is -3.92. The molecule has 0 unspecified atom stereocenters. The van der Waals surface area contributed by atoms with Crippen molar-refractivity contribution >= 4 is 33.8 Å². The van der Waals surface area contributed by atoms with Crippen molar-refractivity contribution in [2.24, 2.45) is 11.8 Å². The molecular weight excluding hydrogens is 432 g/mol. The number of fused-ring (bicyclic) bond motifs is 1. The lowest BCUT2D eigenvalue weighted by Gasteiger charge is -2.31. The molecule has 0 spiro atoms. The summed E-state index contributed by atoms with van der Waals surface area (Å²) >= 11 is 0. The van der Waals surface area contributed by atoms with Gasteiger partial charge in [-0.05, 0) is 34.6 Å². The summed E-state index contributed by atoms with van der Waals surface area (Å²) in [6.07, 6.45) is -0.00315. The summed E-state index contributed by atoms with van der Waals surface area (Å²) in [5.74, 6) is -5.60. The molecule has 1 heterocycles. The Balaban J connectivity index is 2.28. The van der Waals surface area contributed by atoms with E-state index in [1.807, 2.05) is 0 Å². The number of alkyl carbamates (subject to hydrolysis) is 1. The smallest absolute Gasteiger partial charge is 0.408 e. The van der Waals surface area contributed by atoms with E-state index in [4.69, 9.17) is 14.2 Å². The summed E-state index contributed by atoms with van der Waals surface area (Å²) in [6, 6.07) is -1.17. The minimum Gasteiger partial charge on any atom is -0.464 e. The molecule has 2 fully saturated rings. The lowest BCUT2D eigenvalue weighted by molar-refractivity contribution is -0.154. The van der Waals surface area contributed by atoms with Gasteiger partial charge in [-0.2, -0.15) is 0 Å². The van der Waals surface area contributed by atoms with Gasteiger partial charge in [-0.1, -0.05) is 6.58 Å². The SMILES string of the molecule is C=COC(=O)[C@@H]1[C@@H]2[C@H]1S(=O)(=O)C[C@@]2(NC(=O)[C@H](C)NC(=O)OC(C)(C)C)C(=O)OCC. The minimum atomic E-state index is -3.92. The molecule has 2 N–H and O–H groups in total. The van der Waals surface area contributed by atoms with E-state index < -0.39 is 73.8 Å². The minimum absolute atomic E-state index is 0.0681. The summed E-state index contributed by atoms with van der Waals surface area (Å²) < 4.78 is 40.1. The van der Waals surface area contributed by atoms with Gasteiger partial charge in [-0.15, -0.1) is 0 Å². The topological polar surface area (TPSA) is 154 Å². The molecule has 0 bridgehead atoms. The van der Waals surface area contributed by atoms with E-state index >= 15 is 0 Å². The summed E-state index contributed by atoms with van der Waals surface area (Å²) in [5, 5.41) is 3.56. The third-order valence-electron chi connectivity index (χ3n) is 4.95. The Labute approximate surface area is 180 Å². The van der Waals surface area contributed by atoms with Crippen molar-refractivity contribution in [2.45, 2.75) is 57.1 Å². The molecule has 31 heavy (non-hydrogen) atoms. The average Bonchev–Trinajstić information content (AvgIpc) is 3.32. The number of carbonyl (C=O) groups excluding carboxylic acids is 4. The Morgan fingerprint density at radius 3 is 2.39 bits per heavy atom. The van der Waals surface area contributed by atoms with E-state index in [-0.39, 0.29) is 6.61 Å². The van der Waals surface area contributed by atoms with Crippen LogP contribution in [0.15, 0.2) is 12.8 Å². The zero-order chi connectivity index (χ0) is 23.8. The summed E-state index contributed by atoms with van der Waals surface area (Å²) in [6.45, 7) is 11.0. The van der Waals surface area contributed by atoms with Crippen LogP contribution in [-0.2, 0) is 38.4 Å². The van der Waals surface area contributed by atoms with Crippen LogP contribution >= 0.6 is 0 Å². The van der Waals surface area contributed by atoms with Crippen LogP contribution < -0.4 is 10.6 Å². The lowest BCUT2D eigenvalue weighted by atomic mass is 9.93. The largest absolute Gasteiger partial charge is 0.464 e. The number of hydrogen-bond acceptors (Lipinski definition) is 9. The molecule has 1 aliphatic heterocycles. The molecule has 1 aliphatic carbocycles. The van der Waals surface area contributed by atoms with Crippen LogP contribution in [0.4, 0.5) is 4.79 Å². The Kier molecular flexibility index (Phi) is 6.74. The molecule has 1 saturated heterocycles. The number of esters is 2. The first-order valence-corrected chi connectivity index (χ1v) is 11.4. The van der Waals surface area contributed by atoms with Crippen LogP contribution in [0.3, 0.4) is 0 Å². The maximum atomic E-state index is 12.8. The third kappa shape index (κ3) is 5.00. The van der Waals surface area contributed by atoms with Crippen molar-refractivity contribution in [3.63, 3.8) is 0 Å². The van der Waals surface area contributed by atoms with Crippen LogP contribution in [0.2, 0.25) is 0 Å². The fraction of sp³-hybridized carbons (Fsp3) is 0.684. The summed E-state index contributed by atoms with van der Waals surface area (Å²) in [5.41, 5.74) is -2.78. The van der Waals surface area contributed by atoms with Gasteiger partial charge in [0.1, 0.15) is 11.6 Å². The molecule has 2 rings (SSSR count). The number of carbonyl (C=O) groups is 4. The molecule has 0 aromatic heterocycles. The quantitative estimate of drug-likeness (QED) is 0.304. The van der Waals surface area contributed by atoms with E-state index in [0.29, 0.717) is 0 Å². The zero-order valence-corrected chi connectivity index (χ0v) is 18.9. The van der Waals surface area contributed by atoms with Crippen molar-refractivity contribution in [1.29, 1.82) is 0 Å². The van der Waals surface area contributed by atoms with E-state index in [9.17, 15) is 27.6 Å². The highest BCUT2D eigenvalue weighted by Gasteiger charge is 2.79. The Hall–Kier alpha value is -2.63. The molecule has 12 heteroatoms. The van der Waals surface area contributed by atoms with Crippen LogP contribution in [0.5, 0.6) is 0 Å². The molecule has 0 aromatic carbocycles. The fourth-order valence-electron chi connectivity index (χ4n) is 3.77. The molecule has 2 amide bonds. The van der Waals surface area contributed by atoms with Gasteiger partial charge in [-0.3, -0.25) is 9.59 Å². The molecule has 11 nitrogen and oxygen atoms in total. The van der Waals surface area contributed by atoms with Gasteiger partial charge in [0.05, 0.1) is 29.8 Å². The predicted molar refractivity (Wildman–Crippen MR) is 107 cm³/mol. The molecule has 2 aliphatic rings. The third-order valence-corrected chi connectivity index (χ3v) is 7.22. The first-order valence-electron chi connectivity index (χ1n) is 9.72. The van der Waals surface area contributed by atoms with Gasteiger partial charge in [0.2, 0.25) is 5.91 Å². The molecule has 0 aromatic rings. The monoisotopic (exact) mass is 460 g/mol. The highest BCUT2D eigenvalue weighted by Crippen LogP contribution is 2.58. The van der Waals surface area contributed by atoms with Crippen molar-refractivity contribution in [3.8, 4) is 0 Å². The van der Waals surface area contributed by atoms with Gasteiger partial charge >= 0.3 is 18.0 Å². The second kappa shape index (κ2) is 8.48. The van der Waals surface area contributed by atoms with E-state index in [0.717, 1.165) is 6.26 Å². The molecule has 0 radical (unpaired) electrons. The first kappa shape index (κ1) is 24.6. The highest BCUT2D eigenvalue weighted by atomic mass is 32.2. The molecule has 174 valence electrons. The predicted octanol–water partition coefficient (Wildman–Crippen LogP) is 0.0474. The van der Waals surface area contributed by atoms with Crippen LogP contribution in [0.1, 0.15) is 34.6 Å². The molecule has 5 atom stereocenters. The number of ether oxygens (including phenoxy) is 3. The van der Waals surface area contributed by atoms with E-state index in [2.05, 4.69) is 17.2 Å². The average molecular weight is 461 g/mol. The highest BCUT2D eigenvalue weighted by molar-refractivity contribution is 7.92. The summed E-state index contributed by atoms with van der Waals surface area (Å²) in [4.78, 5) is 49.7. The van der Waals surface area contributed by atoms with Gasteiger partial charge < -0.3 is 24.8 Å². The number of nitrogens with one attached hydrogen (secondary N) is 2. The fourth-order valence-corrected chi connectivity index (χ4v) is 6.47. The van der Waals surface area contributed by atoms with E-state index in [1.165, 1.54) is 13.8 Å². The Morgan fingerprint density at radius 2 is 1.87 bits per heavy atom. The Bertz CT molecular complexity index is 893. The number of sulfone groups is 1. The van der Waals surface area contributed by atoms with Gasteiger partial charge in [0.15, 0.2) is 15.4 Å². The van der Waals surface area contributed by atoms with Crippen molar-refractivity contribution < 1.29 is 41.8 Å². The molecule has 1 saturated carbocycles. The van der Waals surface area contributed by atoms with Crippen LogP contribution in [0.25, 0.3) is 0 Å². The maximum Gasteiger partial charge on any atom is 0.408 e. The normalized spacial score (nSPS) is 29.0. The molecular formula is C19H28N2O9S. The van der Waals surface area contributed by atoms with Gasteiger partial charge in [0, 0.05) is 5.92 Å². The van der Waals surface area contributed by atoms with Crippen molar-refractivity contribution in [1.82, 2.24) is 10.6 Å². The first-order chi connectivity index (χ1) is 14.2. The van der Waals surface area contributed by atoms with E-state index in [1.54, 1.807) is 20.8 Å². The Morgan fingerprint density at radius 1 is 1.26 bits per heavy atom. The standard InChI is InChI=1S/C19H28N2O9S/c1-7-28-15(23)11-12-13(11)31(26,27)9-19(12,16(24)29-8-2)21-14(22)10(3)20-17(25)30-18(4,5)6/h7,10-13H,1,8-9H2,2-6H3,(H,20,25)(H,21,22)/t10-,11+,12+,13-,19-/m0/s1. The number of hydrogen-bond donors (Lipinski definition) is 2. The lowest BCUT2D eigenvalue weighted by Crippen LogP contribution is -2.62. The van der Waals surface area contributed by atoms with Crippen LogP contribution in [0, 0.1) is 11.8 Å². The number of amides is 2. The van der Waals surface area contributed by atoms with Crippen molar-refractivity contribution in [3.05, 3.63) is 12.8 Å². The van der Waals surface area contributed by atoms with Crippen LogP contribution in [-0.4, -0.2) is 67.1 Å². The van der Waals surface area contributed by atoms with Gasteiger partial charge in [-0.25, -0.2) is 18.0 Å². The maximum absolute atomic E-state index is 12.8. The second-order valence-corrected chi connectivity index (χ2v) is 10.6. The second-order valence-electron chi connectivity index (χ2n) is 8.48. The van der Waals surface area contributed by atoms with Crippen molar-refractivity contribution in [2.75, 3.05) is 12.4 Å². The zero-order valence-electron chi connectivity index (χ0n) is 18.1. The number of rotatable bonds is 7.